The lowest BCUT2D eigenvalue weighted by atomic mass is 10.0. The van der Waals surface area contributed by atoms with Gasteiger partial charge in [0.2, 0.25) is 0 Å². The summed E-state index contributed by atoms with van der Waals surface area (Å²) < 4.78 is 17.9. The molecule has 5 heteroatoms. The SMILES string of the molecule is CC.CC1(C)OC2CCOC(CN3CCNCC3)C2O1. The number of piperazine rings is 1. The van der Waals surface area contributed by atoms with Crippen LogP contribution in [0.1, 0.15) is 34.1 Å². The van der Waals surface area contributed by atoms with Crippen LogP contribution in [0, 0.1) is 0 Å². The van der Waals surface area contributed by atoms with Gasteiger partial charge >= 0.3 is 0 Å². The molecule has 0 bridgehead atoms. The van der Waals surface area contributed by atoms with E-state index in [1.54, 1.807) is 0 Å². The van der Waals surface area contributed by atoms with E-state index in [1.165, 1.54) is 0 Å². The summed E-state index contributed by atoms with van der Waals surface area (Å²) in [4.78, 5) is 2.46. The summed E-state index contributed by atoms with van der Waals surface area (Å²) >= 11 is 0. The molecule has 0 aliphatic carbocycles. The van der Waals surface area contributed by atoms with Gasteiger partial charge in [0, 0.05) is 39.3 Å². The second-order valence-corrected chi connectivity index (χ2v) is 5.89. The summed E-state index contributed by atoms with van der Waals surface area (Å²) in [7, 11) is 0. The molecule has 3 saturated heterocycles. The van der Waals surface area contributed by atoms with E-state index in [-0.39, 0.29) is 18.3 Å². The topological polar surface area (TPSA) is 43.0 Å². The Bertz CT molecular complexity index is 293. The summed E-state index contributed by atoms with van der Waals surface area (Å²) in [5.74, 6) is -0.454. The molecule has 3 fully saturated rings. The summed E-state index contributed by atoms with van der Waals surface area (Å²) in [6.07, 6.45) is 1.42. The fourth-order valence-electron chi connectivity index (χ4n) is 3.14. The van der Waals surface area contributed by atoms with Crippen molar-refractivity contribution in [3.63, 3.8) is 0 Å². The minimum Gasteiger partial charge on any atom is -0.374 e. The molecule has 3 aliphatic rings. The lowest BCUT2D eigenvalue weighted by Gasteiger charge is -2.36. The zero-order valence-electron chi connectivity index (χ0n) is 13.4. The van der Waals surface area contributed by atoms with Gasteiger partial charge in [0.25, 0.3) is 0 Å². The molecule has 3 atom stereocenters. The van der Waals surface area contributed by atoms with Crippen LogP contribution in [0.4, 0.5) is 0 Å². The van der Waals surface area contributed by atoms with Crippen molar-refractivity contribution in [3.05, 3.63) is 0 Å². The van der Waals surface area contributed by atoms with Crippen LogP contribution in [0.2, 0.25) is 0 Å². The molecule has 0 saturated carbocycles. The first-order valence-corrected chi connectivity index (χ1v) is 8.04. The largest absolute Gasteiger partial charge is 0.374 e. The Balaban J connectivity index is 0.000000704. The standard InChI is InChI=1S/C13H24N2O3.C2H6/c1-13(2)17-10-3-8-16-11(12(10)18-13)9-15-6-4-14-5-7-15;1-2/h10-12,14H,3-9H2,1-2H3;1-2H3. The lowest BCUT2D eigenvalue weighted by Crippen LogP contribution is -2.52. The predicted molar refractivity (Wildman–Crippen MR) is 78.8 cm³/mol. The first-order chi connectivity index (χ1) is 9.64. The molecule has 0 radical (unpaired) electrons. The van der Waals surface area contributed by atoms with E-state index in [4.69, 9.17) is 14.2 Å². The van der Waals surface area contributed by atoms with Crippen LogP contribution in [0.15, 0.2) is 0 Å². The van der Waals surface area contributed by atoms with Gasteiger partial charge in [0.05, 0.1) is 12.2 Å². The second kappa shape index (κ2) is 7.18. The average Bonchev–Trinajstić information content (AvgIpc) is 2.77. The minimum absolute atomic E-state index is 0.101. The minimum atomic E-state index is -0.454. The molecule has 0 aromatic carbocycles. The molecule has 5 nitrogen and oxygen atoms in total. The maximum Gasteiger partial charge on any atom is 0.163 e. The van der Waals surface area contributed by atoms with Crippen molar-refractivity contribution in [2.45, 2.75) is 58.2 Å². The van der Waals surface area contributed by atoms with Crippen LogP contribution in [0.5, 0.6) is 0 Å². The highest BCUT2D eigenvalue weighted by molar-refractivity contribution is 4.92. The Morgan fingerprint density at radius 1 is 1.15 bits per heavy atom. The first-order valence-electron chi connectivity index (χ1n) is 8.04. The van der Waals surface area contributed by atoms with E-state index < -0.39 is 5.79 Å². The Morgan fingerprint density at radius 2 is 1.85 bits per heavy atom. The van der Waals surface area contributed by atoms with Crippen LogP contribution >= 0.6 is 0 Å². The molecule has 0 amide bonds. The maximum absolute atomic E-state index is 6.02. The molecule has 3 heterocycles. The molecular weight excluding hydrogens is 256 g/mol. The fraction of sp³-hybridized carbons (Fsp3) is 1.00. The number of nitrogens with one attached hydrogen (secondary N) is 1. The third-order valence-electron chi connectivity index (χ3n) is 3.97. The van der Waals surface area contributed by atoms with E-state index in [9.17, 15) is 0 Å². The first kappa shape index (κ1) is 16.2. The number of ether oxygens (including phenoxy) is 3. The smallest absolute Gasteiger partial charge is 0.163 e. The summed E-state index contributed by atoms with van der Waals surface area (Å²) in [5, 5.41) is 3.37. The summed E-state index contributed by atoms with van der Waals surface area (Å²) in [6.45, 7) is 14.1. The zero-order chi connectivity index (χ0) is 14.6. The van der Waals surface area contributed by atoms with E-state index in [2.05, 4.69) is 10.2 Å². The van der Waals surface area contributed by atoms with Gasteiger partial charge in [-0.15, -0.1) is 0 Å². The molecule has 0 aromatic heterocycles. The number of fused-ring (bicyclic) bond motifs is 1. The van der Waals surface area contributed by atoms with E-state index in [0.717, 1.165) is 45.8 Å². The van der Waals surface area contributed by atoms with E-state index in [0.29, 0.717) is 0 Å². The molecule has 0 spiro atoms. The zero-order valence-corrected chi connectivity index (χ0v) is 13.4. The van der Waals surface area contributed by atoms with Gasteiger partial charge in [-0.2, -0.15) is 0 Å². The van der Waals surface area contributed by atoms with Gasteiger partial charge in [-0.25, -0.2) is 0 Å². The molecule has 3 unspecified atom stereocenters. The average molecular weight is 286 g/mol. The Hall–Kier alpha value is -0.200. The molecule has 20 heavy (non-hydrogen) atoms. The quantitative estimate of drug-likeness (QED) is 0.827. The van der Waals surface area contributed by atoms with Crippen molar-refractivity contribution >= 4 is 0 Å². The Morgan fingerprint density at radius 3 is 2.55 bits per heavy atom. The van der Waals surface area contributed by atoms with Crippen LogP contribution in [0.3, 0.4) is 0 Å². The summed E-state index contributed by atoms with van der Waals surface area (Å²) in [6, 6.07) is 0. The molecule has 3 aliphatic heterocycles. The number of rotatable bonds is 2. The van der Waals surface area contributed by atoms with Gasteiger partial charge in [0.15, 0.2) is 5.79 Å². The van der Waals surface area contributed by atoms with Crippen molar-refractivity contribution in [2.24, 2.45) is 0 Å². The highest BCUT2D eigenvalue weighted by atomic mass is 16.8. The van der Waals surface area contributed by atoms with Crippen LogP contribution in [0.25, 0.3) is 0 Å². The number of hydrogen-bond acceptors (Lipinski definition) is 5. The second-order valence-electron chi connectivity index (χ2n) is 5.89. The van der Waals surface area contributed by atoms with Crippen molar-refractivity contribution in [1.82, 2.24) is 10.2 Å². The van der Waals surface area contributed by atoms with Crippen LogP contribution < -0.4 is 5.32 Å². The van der Waals surface area contributed by atoms with Gasteiger partial charge < -0.3 is 19.5 Å². The maximum atomic E-state index is 6.02. The van der Waals surface area contributed by atoms with E-state index in [1.807, 2.05) is 27.7 Å². The molecule has 3 rings (SSSR count). The van der Waals surface area contributed by atoms with Crippen molar-refractivity contribution in [1.29, 1.82) is 0 Å². The van der Waals surface area contributed by atoms with Crippen molar-refractivity contribution < 1.29 is 14.2 Å². The molecule has 0 aromatic rings. The molecular formula is C15H30N2O3. The van der Waals surface area contributed by atoms with Crippen molar-refractivity contribution in [3.8, 4) is 0 Å². The predicted octanol–water partition coefficient (Wildman–Crippen LogP) is 1.23. The molecule has 118 valence electrons. The lowest BCUT2D eigenvalue weighted by molar-refractivity contribution is -0.155. The fourth-order valence-corrected chi connectivity index (χ4v) is 3.14. The number of nitrogens with zero attached hydrogens (tertiary/aromatic N) is 1. The van der Waals surface area contributed by atoms with Gasteiger partial charge in [-0.05, 0) is 20.3 Å². The normalized spacial score (nSPS) is 36.9. The highest BCUT2D eigenvalue weighted by Crippen LogP contribution is 2.35. The van der Waals surface area contributed by atoms with Crippen LogP contribution in [-0.4, -0.2) is 68.3 Å². The third kappa shape index (κ3) is 3.92. The van der Waals surface area contributed by atoms with E-state index >= 15 is 0 Å². The van der Waals surface area contributed by atoms with Crippen LogP contribution in [-0.2, 0) is 14.2 Å². The Kier molecular flexibility index (Phi) is 5.81. The summed E-state index contributed by atoms with van der Waals surface area (Å²) in [5.41, 5.74) is 0. The van der Waals surface area contributed by atoms with Gasteiger partial charge in [-0.1, -0.05) is 13.8 Å². The molecule has 1 N–H and O–H groups in total. The Labute approximate surface area is 122 Å². The van der Waals surface area contributed by atoms with Gasteiger partial charge in [-0.3, -0.25) is 4.90 Å². The highest BCUT2D eigenvalue weighted by Gasteiger charge is 2.47. The van der Waals surface area contributed by atoms with Crippen molar-refractivity contribution in [2.75, 3.05) is 39.3 Å². The monoisotopic (exact) mass is 286 g/mol. The number of hydrogen-bond donors (Lipinski definition) is 1. The third-order valence-corrected chi connectivity index (χ3v) is 3.97. The van der Waals surface area contributed by atoms with Gasteiger partial charge in [0.1, 0.15) is 6.10 Å².